The SMILES string of the molecule is O=[N+]([O-])c1cc(F)c(Cl)cc1N1CCN(CCO)CC1. The summed E-state index contributed by atoms with van der Waals surface area (Å²) in [4.78, 5) is 14.3. The molecule has 0 bridgehead atoms. The van der Waals surface area contributed by atoms with E-state index in [2.05, 4.69) is 4.90 Å². The second kappa shape index (κ2) is 6.34. The molecular weight excluding hydrogens is 289 g/mol. The molecule has 0 aromatic heterocycles. The molecule has 6 nitrogen and oxygen atoms in total. The van der Waals surface area contributed by atoms with E-state index in [1.807, 2.05) is 4.90 Å². The Kier molecular flexibility index (Phi) is 4.74. The van der Waals surface area contributed by atoms with Gasteiger partial charge in [0.25, 0.3) is 5.69 Å². The van der Waals surface area contributed by atoms with Crippen molar-refractivity contribution in [3.8, 4) is 0 Å². The largest absolute Gasteiger partial charge is 0.395 e. The van der Waals surface area contributed by atoms with Crippen LogP contribution in [-0.2, 0) is 0 Å². The topological polar surface area (TPSA) is 69.9 Å². The molecule has 20 heavy (non-hydrogen) atoms. The van der Waals surface area contributed by atoms with Gasteiger partial charge in [0.2, 0.25) is 0 Å². The van der Waals surface area contributed by atoms with Crippen molar-refractivity contribution in [2.24, 2.45) is 0 Å². The summed E-state index contributed by atoms with van der Waals surface area (Å²) in [6.45, 7) is 3.19. The van der Waals surface area contributed by atoms with Crippen LogP contribution in [0.2, 0.25) is 5.02 Å². The molecular formula is C12H15ClFN3O3. The van der Waals surface area contributed by atoms with Gasteiger partial charge in [0.1, 0.15) is 11.5 Å². The molecule has 2 rings (SSSR count). The van der Waals surface area contributed by atoms with E-state index < -0.39 is 10.7 Å². The van der Waals surface area contributed by atoms with E-state index >= 15 is 0 Å². The number of hydrogen-bond acceptors (Lipinski definition) is 5. The lowest BCUT2D eigenvalue weighted by molar-refractivity contribution is -0.384. The Balaban J connectivity index is 2.21. The van der Waals surface area contributed by atoms with Gasteiger partial charge in [0, 0.05) is 32.7 Å². The number of rotatable bonds is 4. The molecule has 0 saturated carbocycles. The van der Waals surface area contributed by atoms with Crippen LogP contribution in [0.1, 0.15) is 0 Å². The highest BCUT2D eigenvalue weighted by molar-refractivity contribution is 6.31. The summed E-state index contributed by atoms with van der Waals surface area (Å²) in [5.41, 5.74) is 0.0626. The number of benzene rings is 1. The van der Waals surface area contributed by atoms with E-state index in [1.54, 1.807) is 0 Å². The Hall–Kier alpha value is -1.44. The second-order valence-electron chi connectivity index (χ2n) is 4.56. The first kappa shape index (κ1) is 15.0. The fourth-order valence-corrected chi connectivity index (χ4v) is 2.44. The van der Waals surface area contributed by atoms with Gasteiger partial charge in [-0.25, -0.2) is 4.39 Å². The van der Waals surface area contributed by atoms with Crippen molar-refractivity contribution >= 4 is 23.0 Å². The summed E-state index contributed by atoms with van der Waals surface area (Å²) in [5, 5.41) is 19.8. The van der Waals surface area contributed by atoms with Gasteiger partial charge < -0.3 is 10.0 Å². The fourth-order valence-electron chi connectivity index (χ4n) is 2.28. The average Bonchev–Trinajstić information content (AvgIpc) is 2.42. The van der Waals surface area contributed by atoms with Crippen molar-refractivity contribution in [2.75, 3.05) is 44.2 Å². The number of aliphatic hydroxyl groups is 1. The summed E-state index contributed by atoms with van der Waals surface area (Å²) < 4.78 is 13.4. The number of piperazine rings is 1. The van der Waals surface area contributed by atoms with Gasteiger partial charge in [-0.1, -0.05) is 11.6 Å². The van der Waals surface area contributed by atoms with Crippen molar-refractivity contribution in [3.05, 3.63) is 33.1 Å². The van der Waals surface area contributed by atoms with E-state index in [-0.39, 0.29) is 17.3 Å². The van der Waals surface area contributed by atoms with Crippen molar-refractivity contribution in [2.45, 2.75) is 0 Å². The average molecular weight is 304 g/mol. The van der Waals surface area contributed by atoms with Gasteiger partial charge in [0.05, 0.1) is 22.6 Å². The van der Waals surface area contributed by atoms with Crippen molar-refractivity contribution in [1.82, 2.24) is 4.90 Å². The summed E-state index contributed by atoms with van der Waals surface area (Å²) in [6.07, 6.45) is 0. The smallest absolute Gasteiger partial charge is 0.295 e. The molecule has 1 aliphatic rings. The third-order valence-electron chi connectivity index (χ3n) is 3.34. The first-order chi connectivity index (χ1) is 9.52. The Morgan fingerprint density at radius 2 is 2.00 bits per heavy atom. The minimum atomic E-state index is -0.791. The normalized spacial score (nSPS) is 16.4. The van der Waals surface area contributed by atoms with Crippen molar-refractivity contribution < 1.29 is 14.4 Å². The van der Waals surface area contributed by atoms with Crippen LogP contribution in [0.25, 0.3) is 0 Å². The number of hydrogen-bond donors (Lipinski definition) is 1. The number of nitro groups is 1. The lowest BCUT2D eigenvalue weighted by atomic mass is 10.2. The Morgan fingerprint density at radius 1 is 1.35 bits per heavy atom. The first-order valence-electron chi connectivity index (χ1n) is 6.24. The van der Waals surface area contributed by atoms with Gasteiger partial charge in [0.15, 0.2) is 0 Å². The molecule has 1 fully saturated rings. The maximum Gasteiger partial charge on any atom is 0.295 e. The summed E-state index contributed by atoms with van der Waals surface area (Å²) in [5.74, 6) is -0.791. The molecule has 1 N–H and O–H groups in total. The molecule has 0 spiro atoms. The maximum atomic E-state index is 13.4. The standard InChI is InChI=1S/C12H15ClFN3O3/c13-9-7-11(12(17(19)20)8-10(9)14)16-3-1-15(2-4-16)5-6-18/h7-8,18H,1-6H2. The summed E-state index contributed by atoms with van der Waals surface area (Å²) in [6, 6.07) is 2.16. The van der Waals surface area contributed by atoms with E-state index in [9.17, 15) is 14.5 Å². The van der Waals surface area contributed by atoms with E-state index in [4.69, 9.17) is 16.7 Å². The second-order valence-corrected chi connectivity index (χ2v) is 4.97. The van der Waals surface area contributed by atoms with Gasteiger partial charge in [-0.15, -0.1) is 0 Å². The summed E-state index contributed by atoms with van der Waals surface area (Å²) in [7, 11) is 0. The lowest BCUT2D eigenvalue weighted by Crippen LogP contribution is -2.47. The zero-order valence-electron chi connectivity index (χ0n) is 10.8. The minimum absolute atomic E-state index is 0.0858. The number of nitro benzene ring substituents is 1. The van der Waals surface area contributed by atoms with Crippen LogP contribution in [0.4, 0.5) is 15.8 Å². The predicted octanol–water partition coefficient (Wildman–Crippen LogP) is 1.50. The van der Waals surface area contributed by atoms with E-state index in [0.717, 1.165) is 6.07 Å². The van der Waals surface area contributed by atoms with Crippen LogP contribution in [0.15, 0.2) is 12.1 Å². The molecule has 0 amide bonds. The van der Waals surface area contributed by atoms with Gasteiger partial charge in [-0.3, -0.25) is 15.0 Å². The highest BCUT2D eigenvalue weighted by Gasteiger charge is 2.25. The highest BCUT2D eigenvalue weighted by Crippen LogP contribution is 2.33. The lowest BCUT2D eigenvalue weighted by Gasteiger charge is -2.35. The molecule has 0 aliphatic carbocycles. The number of halogens is 2. The molecule has 1 heterocycles. The maximum absolute atomic E-state index is 13.4. The first-order valence-corrected chi connectivity index (χ1v) is 6.62. The zero-order valence-corrected chi connectivity index (χ0v) is 11.5. The van der Waals surface area contributed by atoms with E-state index in [0.29, 0.717) is 38.4 Å². The van der Waals surface area contributed by atoms with Crippen LogP contribution in [0.3, 0.4) is 0 Å². The molecule has 0 unspecified atom stereocenters. The number of nitrogens with zero attached hydrogens (tertiary/aromatic N) is 3. The van der Waals surface area contributed by atoms with E-state index in [1.165, 1.54) is 6.07 Å². The third kappa shape index (κ3) is 3.17. The van der Waals surface area contributed by atoms with Gasteiger partial charge in [-0.2, -0.15) is 0 Å². The predicted molar refractivity (Wildman–Crippen MR) is 73.8 cm³/mol. The molecule has 8 heteroatoms. The van der Waals surface area contributed by atoms with Gasteiger partial charge in [-0.05, 0) is 6.07 Å². The van der Waals surface area contributed by atoms with Crippen LogP contribution in [0.5, 0.6) is 0 Å². The Morgan fingerprint density at radius 3 is 2.55 bits per heavy atom. The van der Waals surface area contributed by atoms with Crippen LogP contribution >= 0.6 is 11.6 Å². The summed E-state index contributed by atoms with van der Waals surface area (Å²) >= 11 is 5.72. The quantitative estimate of drug-likeness (QED) is 0.674. The zero-order chi connectivity index (χ0) is 14.7. The molecule has 1 saturated heterocycles. The number of aliphatic hydroxyl groups excluding tert-OH is 1. The van der Waals surface area contributed by atoms with Crippen LogP contribution < -0.4 is 4.90 Å². The molecule has 1 aliphatic heterocycles. The molecule has 110 valence electrons. The molecule has 1 aromatic carbocycles. The highest BCUT2D eigenvalue weighted by atomic mass is 35.5. The monoisotopic (exact) mass is 303 g/mol. The fraction of sp³-hybridized carbons (Fsp3) is 0.500. The minimum Gasteiger partial charge on any atom is -0.395 e. The Bertz CT molecular complexity index is 507. The Labute approximate surface area is 120 Å². The van der Waals surface area contributed by atoms with Crippen LogP contribution in [-0.4, -0.2) is 54.3 Å². The van der Waals surface area contributed by atoms with Crippen LogP contribution in [0, 0.1) is 15.9 Å². The molecule has 0 radical (unpaired) electrons. The van der Waals surface area contributed by atoms with Crippen molar-refractivity contribution in [1.29, 1.82) is 0 Å². The number of β-amino-alcohol motifs (C(OH)–C–C–N with tert-alkyl or cyclic N) is 1. The van der Waals surface area contributed by atoms with Gasteiger partial charge >= 0.3 is 0 Å². The molecule has 1 aromatic rings. The number of anilines is 1. The molecule has 0 atom stereocenters. The third-order valence-corrected chi connectivity index (χ3v) is 3.63. The van der Waals surface area contributed by atoms with Crippen molar-refractivity contribution in [3.63, 3.8) is 0 Å².